The highest BCUT2D eigenvalue weighted by molar-refractivity contribution is 6.30. The number of nitrogens with zero attached hydrogens (tertiary/aromatic N) is 1. The molecule has 1 aliphatic heterocycles. The monoisotopic (exact) mass is 491 g/mol. The standard InChI is InChI=1S/C26H31Cl2NO4/c1-4-6-22(16(2)30)29-24(17-9-11-19(27)12-10-17)21(18-7-5-8-20(28)13-18)14-26(3,25(29)33)15-23(31)32/h5,7-13,16,21-22,24,30H,4,6,14-15H2,1-3H3,(H,31,32). The second kappa shape index (κ2) is 10.5. The van der Waals surface area contributed by atoms with Crippen LogP contribution in [0.15, 0.2) is 48.5 Å². The molecule has 0 radical (unpaired) electrons. The van der Waals surface area contributed by atoms with Crippen LogP contribution in [0, 0.1) is 5.41 Å². The number of carbonyl (C=O) groups excluding carboxylic acids is 1. The van der Waals surface area contributed by atoms with Crippen molar-refractivity contribution in [2.75, 3.05) is 0 Å². The van der Waals surface area contributed by atoms with Crippen LogP contribution in [0.1, 0.15) is 69.5 Å². The quantitative estimate of drug-likeness (QED) is 0.468. The summed E-state index contributed by atoms with van der Waals surface area (Å²) in [4.78, 5) is 27.5. The van der Waals surface area contributed by atoms with E-state index in [-0.39, 0.29) is 18.2 Å². The lowest BCUT2D eigenvalue weighted by molar-refractivity contribution is -0.163. The van der Waals surface area contributed by atoms with Gasteiger partial charge in [0.25, 0.3) is 0 Å². The molecule has 7 heteroatoms. The summed E-state index contributed by atoms with van der Waals surface area (Å²) in [6.07, 6.45) is 0.644. The number of carboxylic acid groups (broad SMARTS) is 1. The molecule has 2 N–H and O–H groups in total. The molecule has 0 aliphatic carbocycles. The number of aliphatic hydroxyl groups is 1. The van der Waals surface area contributed by atoms with E-state index < -0.39 is 29.6 Å². The van der Waals surface area contributed by atoms with Crippen LogP contribution >= 0.6 is 23.2 Å². The Labute approximate surface area is 205 Å². The average molecular weight is 492 g/mol. The number of rotatable bonds is 8. The van der Waals surface area contributed by atoms with Gasteiger partial charge in [0.05, 0.1) is 30.0 Å². The molecular formula is C26H31Cl2NO4. The first-order chi connectivity index (χ1) is 15.6. The van der Waals surface area contributed by atoms with Gasteiger partial charge in [-0.05, 0) is 55.2 Å². The molecule has 1 heterocycles. The smallest absolute Gasteiger partial charge is 0.304 e. The maximum Gasteiger partial charge on any atom is 0.304 e. The number of benzene rings is 2. The van der Waals surface area contributed by atoms with Gasteiger partial charge in [-0.15, -0.1) is 0 Å². The summed E-state index contributed by atoms with van der Waals surface area (Å²) in [5.74, 6) is -1.49. The summed E-state index contributed by atoms with van der Waals surface area (Å²) < 4.78 is 0. The molecule has 1 saturated heterocycles. The lowest BCUT2D eigenvalue weighted by atomic mass is 9.66. The predicted molar refractivity (Wildman–Crippen MR) is 131 cm³/mol. The molecule has 178 valence electrons. The second-order valence-corrected chi connectivity index (χ2v) is 10.2. The first-order valence-corrected chi connectivity index (χ1v) is 12.1. The van der Waals surface area contributed by atoms with Crippen LogP contribution in [-0.4, -0.2) is 39.1 Å². The van der Waals surface area contributed by atoms with Gasteiger partial charge < -0.3 is 15.1 Å². The maximum absolute atomic E-state index is 14.0. The minimum absolute atomic E-state index is 0.218. The third-order valence-electron chi connectivity index (χ3n) is 6.63. The highest BCUT2D eigenvalue weighted by atomic mass is 35.5. The predicted octanol–water partition coefficient (Wildman–Crippen LogP) is 6.08. The van der Waals surface area contributed by atoms with Crippen molar-refractivity contribution in [3.8, 4) is 0 Å². The van der Waals surface area contributed by atoms with Crippen molar-refractivity contribution in [3.05, 3.63) is 69.7 Å². The normalized spacial score (nSPS) is 25.0. The largest absolute Gasteiger partial charge is 0.481 e. The van der Waals surface area contributed by atoms with Crippen molar-refractivity contribution in [2.45, 2.75) is 70.6 Å². The van der Waals surface area contributed by atoms with E-state index in [0.717, 1.165) is 17.5 Å². The van der Waals surface area contributed by atoms with E-state index in [1.807, 2.05) is 37.3 Å². The summed E-state index contributed by atoms with van der Waals surface area (Å²) >= 11 is 12.5. The molecule has 0 saturated carbocycles. The zero-order chi connectivity index (χ0) is 24.3. The van der Waals surface area contributed by atoms with Gasteiger partial charge in [-0.3, -0.25) is 9.59 Å². The lowest BCUT2D eigenvalue weighted by Gasteiger charge is -2.52. The van der Waals surface area contributed by atoms with Crippen molar-refractivity contribution < 1.29 is 19.8 Å². The number of carbonyl (C=O) groups is 2. The van der Waals surface area contributed by atoms with Gasteiger partial charge in [-0.25, -0.2) is 0 Å². The first kappa shape index (κ1) is 25.5. The summed E-state index contributed by atoms with van der Waals surface area (Å²) in [7, 11) is 0. The van der Waals surface area contributed by atoms with Gasteiger partial charge >= 0.3 is 5.97 Å². The Morgan fingerprint density at radius 3 is 2.36 bits per heavy atom. The Hall–Kier alpha value is -2.08. The van der Waals surface area contributed by atoms with Crippen LogP contribution in [0.5, 0.6) is 0 Å². The number of hydrogen-bond donors (Lipinski definition) is 2. The summed E-state index contributed by atoms with van der Waals surface area (Å²) in [5.41, 5.74) is 0.692. The van der Waals surface area contributed by atoms with Gasteiger partial charge in [-0.1, -0.05) is 67.7 Å². The number of likely N-dealkylation sites (tertiary alicyclic amines) is 1. The average Bonchev–Trinajstić information content (AvgIpc) is 2.74. The molecule has 5 nitrogen and oxygen atoms in total. The van der Waals surface area contributed by atoms with Gasteiger partial charge in [0, 0.05) is 16.0 Å². The van der Waals surface area contributed by atoms with Gasteiger partial charge in [0.15, 0.2) is 0 Å². The number of piperidine rings is 1. The molecule has 0 spiro atoms. The van der Waals surface area contributed by atoms with E-state index in [0.29, 0.717) is 22.9 Å². The van der Waals surface area contributed by atoms with E-state index >= 15 is 0 Å². The first-order valence-electron chi connectivity index (χ1n) is 11.3. The van der Waals surface area contributed by atoms with Crippen molar-refractivity contribution >= 4 is 35.1 Å². The fraction of sp³-hybridized carbons (Fsp3) is 0.462. The van der Waals surface area contributed by atoms with Crippen LogP contribution in [0.3, 0.4) is 0 Å². The molecule has 33 heavy (non-hydrogen) atoms. The molecule has 5 atom stereocenters. The summed E-state index contributed by atoms with van der Waals surface area (Å²) in [5, 5.41) is 21.5. The zero-order valence-electron chi connectivity index (χ0n) is 19.2. The SMILES string of the molecule is CCCC(C(C)O)N1C(=O)C(C)(CC(=O)O)CC(c2cccc(Cl)c2)C1c1ccc(Cl)cc1. The maximum atomic E-state index is 14.0. The number of carboxylic acids is 1. The number of aliphatic hydroxyl groups excluding tert-OH is 1. The van der Waals surface area contributed by atoms with Crippen molar-refractivity contribution in [3.63, 3.8) is 0 Å². The molecule has 2 aromatic carbocycles. The molecule has 0 bridgehead atoms. The lowest BCUT2D eigenvalue weighted by Crippen LogP contribution is -2.58. The second-order valence-electron chi connectivity index (χ2n) is 9.30. The Kier molecular flexibility index (Phi) is 8.09. The van der Waals surface area contributed by atoms with Crippen LogP contribution in [0.2, 0.25) is 10.0 Å². The highest BCUT2D eigenvalue weighted by Crippen LogP contribution is 2.52. The Morgan fingerprint density at radius 1 is 1.15 bits per heavy atom. The Bertz CT molecular complexity index is 994. The minimum Gasteiger partial charge on any atom is -0.481 e. The Morgan fingerprint density at radius 2 is 1.82 bits per heavy atom. The minimum atomic E-state index is -1.12. The van der Waals surface area contributed by atoms with E-state index in [1.165, 1.54) is 0 Å². The molecule has 1 amide bonds. The van der Waals surface area contributed by atoms with Gasteiger partial charge in [0.1, 0.15) is 0 Å². The number of halogens is 2. The molecule has 0 aromatic heterocycles. The Balaban J connectivity index is 2.25. The third-order valence-corrected chi connectivity index (χ3v) is 7.12. The van der Waals surface area contributed by atoms with E-state index in [2.05, 4.69) is 0 Å². The van der Waals surface area contributed by atoms with E-state index in [1.54, 1.807) is 36.9 Å². The van der Waals surface area contributed by atoms with Gasteiger partial charge in [-0.2, -0.15) is 0 Å². The molecule has 5 unspecified atom stereocenters. The van der Waals surface area contributed by atoms with Crippen molar-refractivity contribution in [1.29, 1.82) is 0 Å². The fourth-order valence-corrected chi connectivity index (χ4v) is 5.48. The summed E-state index contributed by atoms with van der Waals surface area (Å²) in [6.45, 7) is 5.41. The van der Waals surface area contributed by atoms with Gasteiger partial charge in [0.2, 0.25) is 5.91 Å². The molecule has 2 aromatic rings. The van der Waals surface area contributed by atoms with Crippen LogP contribution in [0.25, 0.3) is 0 Å². The zero-order valence-corrected chi connectivity index (χ0v) is 20.7. The topological polar surface area (TPSA) is 77.8 Å². The fourth-order valence-electron chi connectivity index (χ4n) is 5.15. The summed E-state index contributed by atoms with van der Waals surface area (Å²) in [6, 6.07) is 14.0. The number of amides is 1. The van der Waals surface area contributed by atoms with Crippen LogP contribution in [-0.2, 0) is 9.59 Å². The van der Waals surface area contributed by atoms with E-state index in [9.17, 15) is 19.8 Å². The third kappa shape index (κ3) is 5.53. The van der Waals surface area contributed by atoms with Crippen molar-refractivity contribution in [2.24, 2.45) is 5.41 Å². The highest BCUT2D eigenvalue weighted by Gasteiger charge is 2.52. The van der Waals surface area contributed by atoms with Crippen LogP contribution in [0.4, 0.5) is 0 Å². The number of hydrogen-bond acceptors (Lipinski definition) is 3. The number of aliphatic carboxylic acids is 1. The van der Waals surface area contributed by atoms with E-state index in [4.69, 9.17) is 23.2 Å². The van der Waals surface area contributed by atoms with Crippen LogP contribution < -0.4 is 0 Å². The molecular weight excluding hydrogens is 461 g/mol. The molecule has 1 aliphatic rings. The van der Waals surface area contributed by atoms with Crippen molar-refractivity contribution in [1.82, 2.24) is 4.90 Å². The molecule has 1 fully saturated rings. The molecule has 3 rings (SSSR count).